The molecule has 1 aromatic heterocycles. The third-order valence-electron chi connectivity index (χ3n) is 5.11. The molecule has 0 saturated carbocycles. The summed E-state index contributed by atoms with van der Waals surface area (Å²) in [6.07, 6.45) is 2.78. The molecule has 2 aromatic rings. The molecule has 0 saturated heterocycles. The number of hydrogen-bond donors (Lipinski definition) is 0. The largest absolute Gasteiger partial charge is 0.493 e. The molecule has 4 nitrogen and oxygen atoms in total. The molecule has 2 heterocycles. The van der Waals surface area contributed by atoms with Crippen molar-refractivity contribution in [1.29, 1.82) is 0 Å². The van der Waals surface area contributed by atoms with Crippen molar-refractivity contribution in [1.82, 2.24) is 4.90 Å². The SMILES string of the molecule is CCCC(C)C(=O)N1CCc2cc(OC)c(OC)cc2C1c1cccs1. The Hall–Kier alpha value is -2.01. The zero-order chi connectivity index (χ0) is 18.7. The van der Waals surface area contributed by atoms with Crippen molar-refractivity contribution in [3.8, 4) is 11.5 Å². The molecule has 0 spiro atoms. The predicted molar refractivity (Wildman–Crippen MR) is 105 cm³/mol. The molecule has 26 heavy (non-hydrogen) atoms. The number of carbonyl (C=O) groups excluding carboxylic acids is 1. The smallest absolute Gasteiger partial charge is 0.226 e. The Morgan fingerprint density at radius 2 is 2.04 bits per heavy atom. The standard InChI is InChI=1S/C21H27NO3S/c1-5-7-14(2)21(23)22-10-9-15-12-17(24-3)18(25-4)13-16(15)20(22)19-8-6-11-26-19/h6,8,11-14,20H,5,7,9-10H2,1-4H3. The Kier molecular flexibility index (Phi) is 5.87. The average Bonchev–Trinajstić information content (AvgIpc) is 3.19. The zero-order valence-corrected chi connectivity index (χ0v) is 16.8. The monoisotopic (exact) mass is 373 g/mol. The summed E-state index contributed by atoms with van der Waals surface area (Å²) in [7, 11) is 3.31. The lowest BCUT2D eigenvalue weighted by Crippen LogP contribution is -2.42. The average molecular weight is 374 g/mol. The molecular weight excluding hydrogens is 346 g/mol. The van der Waals surface area contributed by atoms with E-state index in [4.69, 9.17) is 9.47 Å². The molecule has 1 aromatic carbocycles. The van der Waals surface area contributed by atoms with E-state index in [1.54, 1.807) is 25.6 Å². The second kappa shape index (κ2) is 8.12. The Morgan fingerprint density at radius 1 is 1.31 bits per heavy atom. The Morgan fingerprint density at radius 3 is 2.65 bits per heavy atom. The van der Waals surface area contributed by atoms with Crippen molar-refractivity contribution in [3.63, 3.8) is 0 Å². The maximum atomic E-state index is 13.2. The summed E-state index contributed by atoms with van der Waals surface area (Å²) in [6, 6.07) is 8.22. The number of thiophene rings is 1. The van der Waals surface area contributed by atoms with E-state index >= 15 is 0 Å². The van der Waals surface area contributed by atoms with E-state index < -0.39 is 0 Å². The maximum absolute atomic E-state index is 13.2. The fraction of sp³-hybridized carbons (Fsp3) is 0.476. The van der Waals surface area contributed by atoms with Gasteiger partial charge in [0.25, 0.3) is 0 Å². The highest BCUT2D eigenvalue weighted by Crippen LogP contribution is 2.42. The molecule has 2 unspecified atom stereocenters. The van der Waals surface area contributed by atoms with Crippen molar-refractivity contribution in [2.24, 2.45) is 5.92 Å². The van der Waals surface area contributed by atoms with Gasteiger partial charge in [0.05, 0.1) is 20.3 Å². The van der Waals surface area contributed by atoms with Gasteiger partial charge in [0.2, 0.25) is 5.91 Å². The van der Waals surface area contributed by atoms with Gasteiger partial charge in [-0.25, -0.2) is 0 Å². The fourth-order valence-electron chi connectivity index (χ4n) is 3.78. The molecule has 0 aliphatic carbocycles. The minimum Gasteiger partial charge on any atom is -0.493 e. The van der Waals surface area contributed by atoms with Crippen LogP contribution in [0.5, 0.6) is 11.5 Å². The number of rotatable bonds is 6. The normalized spacial score (nSPS) is 17.5. The maximum Gasteiger partial charge on any atom is 0.226 e. The summed E-state index contributed by atoms with van der Waals surface area (Å²) < 4.78 is 11.0. The van der Waals surface area contributed by atoms with Crippen molar-refractivity contribution < 1.29 is 14.3 Å². The number of benzene rings is 1. The molecule has 1 amide bonds. The third kappa shape index (κ3) is 3.45. The van der Waals surface area contributed by atoms with E-state index in [2.05, 4.69) is 29.3 Å². The summed E-state index contributed by atoms with van der Waals surface area (Å²) in [5, 5.41) is 2.07. The quantitative estimate of drug-likeness (QED) is 0.738. The first-order valence-corrected chi connectivity index (χ1v) is 10.1. The lowest BCUT2D eigenvalue weighted by Gasteiger charge is -2.38. The summed E-state index contributed by atoms with van der Waals surface area (Å²) in [5.41, 5.74) is 2.38. The molecule has 0 N–H and O–H groups in total. The van der Waals surface area contributed by atoms with Crippen molar-refractivity contribution >= 4 is 17.2 Å². The van der Waals surface area contributed by atoms with Crippen LogP contribution in [-0.2, 0) is 11.2 Å². The highest BCUT2D eigenvalue weighted by Gasteiger charge is 2.35. The van der Waals surface area contributed by atoms with Gasteiger partial charge in [-0.15, -0.1) is 11.3 Å². The Balaban J connectivity index is 2.07. The van der Waals surface area contributed by atoms with Gasteiger partial charge in [-0.1, -0.05) is 26.3 Å². The van der Waals surface area contributed by atoms with Crippen LogP contribution in [0.15, 0.2) is 29.6 Å². The van der Waals surface area contributed by atoms with E-state index in [0.717, 1.165) is 37.1 Å². The minimum absolute atomic E-state index is 0.0455. The number of fused-ring (bicyclic) bond motifs is 1. The van der Waals surface area contributed by atoms with E-state index in [9.17, 15) is 4.79 Å². The number of amides is 1. The van der Waals surface area contributed by atoms with E-state index in [1.807, 2.05) is 19.1 Å². The number of hydrogen-bond acceptors (Lipinski definition) is 4. The lowest BCUT2D eigenvalue weighted by atomic mass is 9.89. The highest BCUT2D eigenvalue weighted by atomic mass is 32.1. The first-order chi connectivity index (χ1) is 12.6. The van der Waals surface area contributed by atoms with Crippen molar-refractivity contribution in [2.45, 2.75) is 39.2 Å². The van der Waals surface area contributed by atoms with Crippen LogP contribution in [0.2, 0.25) is 0 Å². The molecule has 2 atom stereocenters. The second-order valence-corrected chi connectivity index (χ2v) is 7.77. The summed E-state index contributed by atoms with van der Waals surface area (Å²) in [4.78, 5) is 16.4. The van der Waals surface area contributed by atoms with Gasteiger partial charge >= 0.3 is 0 Å². The molecule has 1 aliphatic rings. The van der Waals surface area contributed by atoms with Crippen LogP contribution in [0.1, 0.15) is 48.7 Å². The van der Waals surface area contributed by atoms with Gasteiger partial charge in [-0.3, -0.25) is 4.79 Å². The van der Waals surface area contributed by atoms with Gasteiger partial charge in [0, 0.05) is 17.3 Å². The number of ether oxygens (including phenoxy) is 2. The third-order valence-corrected chi connectivity index (χ3v) is 6.04. The van der Waals surface area contributed by atoms with Crippen molar-refractivity contribution in [3.05, 3.63) is 45.6 Å². The second-order valence-electron chi connectivity index (χ2n) is 6.80. The number of carbonyl (C=O) groups is 1. The molecule has 3 rings (SSSR count). The van der Waals surface area contributed by atoms with Crippen LogP contribution in [0.25, 0.3) is 0 Å². The molecular formula is C21H27NO3S. The van der Waals surface area contributed by atoms with E-state index in [1.165, 1.54) is 10.4 Å². The van der Waals surface area contributed by atoms with Gasteiger partial charge in [-0.05, 0) is 47.5 Å². The van der Waals surface area contributed by atoms with Gasteiger partial charge < -0.3 is 14.4 Å². The van der Waals surface area contributed by atoms with Crippen LogP contribution < -0.4 is 9.47 Å². The van der Waals surface area contributed by atoms with Crippen LogP contribution in [-0.4, -0.2) is 31.6 Å². The minimum atomic E-state index is -0.0506. The lowest BCUT2D eigenvalue weighted by molar-refractivity contribution is -0.137. The van der Waals surface area contributed by atoms with Gasteiger partial charge in [-0.2, -0.15) is 0 Å². The van der Waals surface area contributed by atoms with Crippen molar-refractivity contribution in [2.75, 3.05) is 20.8 Å². The topological polar surface area (TPSA) is 38.8 Å². The van der Waals surface area contributed by atoms with Crippen LogP contribution >= 0.6 is 11.3 Å². The molecule has 0 fully saturated rings. The summed E-state index contributed by atoms with van der Waals surface area (Å²) in [6.45, 7) is 4.91. The number of methoxy groups -OCH3 is 2. The first-order valence-electron chi connectivity index (χ1n) is 9.19. The first kappa shape index (κ1) is 18.8. The van der Waals surface area contributed by atoms with Gasteiger partial charge in [0.1, 0.15) is 0 Å². The zero-order valence-electron chi connectivity index (χ0n) is 16.0. The molecule has 140 valence electrons. The number of nitrogens with zero attached hydrogens (tertiary/aromatic N) is 1. The van der Waals surface area contributed by atoms with Crippen LogP contribution in [0.4, 0.5) is 0 Å². The fourth-order valence-corrected chi connectivity index (χ4v) is 4.63. The molecule has 0 bridgehead atoms. The van der Waals surface area contributed by atoms with Gasteiger partial charge in [0.15, 0.2) is 11.5 Å². The van der Waals surface area contributed by atoms with Crippen LogP contribution in [0.3, 0.4) is 0 Å². The molecule has 0 radical (unpaired) electrons. The van der Waals surface area contributed by atoms with Crippen LogP contribution in [0, 0.1) is 5.92 Å². The van der Waals surface area contributed by atoms with E-state index in [0.29, 0.717) is 5.75 Å². The Bertz CT molecular complexity index is 757. The molecule has 1 aliphatic heterocycles. The van der Waals surface area contributed by atoms with E-state index in [-0.39, 0.29) is 17.9 Å². The predicted octanol–water partition coefficient (Wildman–Crippen LogP) is 4.68. The summed E-state index contributed by atoms with van der Waals surface area (Å²) >= 11 is 1.70. The highest BCUT2D eigenvalue weighted by molar-refractivity contribution is 7.10. The molecule has 5 heteroatoms. The Labute approximate surface area is 159 Å². The summed E-state index contributed by atoms with van der Waals surface area (Å²) in [5.74, 6) is 1.74.